The maximum Gasteiger partial charge on any atom is 0.143 e. The second-order valence-corrected chi connectivity index (χ2v) is 5.44. The van der Waals surface area contributed by atoms with Gasteiger partial charge in [-0.3, -0.25) is 16.3 Å². The van der Waals surface area contributed by atoms with Crippen molar-refractivity contribution in [3.63, 3.8) is 0 Å². The summed E-state index contributed by atoms with van der Waals surface area (Å²) in [5.41, 5.74) is 3.00. The maximum atomic E-state index is 13.9. The Morgan fingerprint density at radius 3 is 2.65 bits per heavy atom. The van der Waals surface area contributed by atoms with Crippen molar-refractivity contribution in [1.82, 2.24) is 10.4 Å². The van der Waals surface area contributed by atoms with Crippen molar-refractivity contribution in [3.8, 4) is 0 Å². The molecule has 0 saturated carbocycles. The van der Waals surface area contributed by atoms with Gasteiger partial charge in [0.05, 0.1) is 21.2 Å². The quantitative estimate of drug-likeness (QED) is 0.497. The van der Waals surface area contributed by atoms with Crippen molar-refractivity contribution >= 4 is 27.5 Å². The zero-order chi connectivity index (χ0) is 14.7. The molecular weight excluding hydrogens is 352 g/mol. The number of benzene rings is 1. The number of hydrazine groups is 1. The van der Waals surface area contributed by atoms with Gasteiger partial charge < -0.3 is 0 Å². The van der Waals surface area contributed by atoms with Crippen LogP contribution >= 0.6 is 27.5 Å². The van der Waals surface area contributed by atoms with Crippen LogP contribution in [0, 0.1) is 11.6 Å². The highest BCUT2D eigenvalue weighted by atomic mass is 79.9. The van der Waals surface area contributed by atoms with E-state index >= 15 is 0 Å². The van der Waals surface area contributed by atoms with Crippen molar-refractivity contribution in [2.75, 3.05) is 0 Å². The lowest BCUT2D eigenvalue weighted by Gasteiger charge is -2.16. The first kappa shape index (κ1) is 15.3. The van der Waals surface area contributed by atoms with Gasteiger partial charge >= 0.3 is 0 Å². The van der Waals surface area contributed by atoms with Gasteiger partial charge in [0.1, 0.15) is 11.6 Å². The molecule has 0 fully saturated rings. The first-order valence-corrected chi connectivity index (χ1v) is 6.90. The molecule has 1 aromatic carbocycles. The standard InChI is InChI=1S/C13H11BrClF2N3/c14-9-2-3-10(16)8(13(9)17)5-12(20-18)11-4-1-7(15)6-19-11/h1-4,6,12,20H,5,18H2. The highest BCUT2D eigenvalue weighted by Gasteiger charge is 2.19. The van der Waals surface area contributed by atoms with Crippen LogP contribution in [0.5, 0.6) is 0 Å². The zero-order valence-electron chi connectivity index (χ0n) is 10.2. The molecule has 0 amide bonds. The lowest BCUT2D eigenvalue weighted by atomic mass is 10.0. The largest absolute Gasteiger partial charge is 0.271 e. The number of pyridine rings is 1. The summed E-state index contributed by atoms with van der Waals surface area (Å²) in [6, 6.07) is 5.29. The fourth-order valence-electron chi connectivity index (χ4n) is 1.80. The first-order valence-electron chi connectivity index (χ1n) is 5.73. The van der Waals surface area contributed by atoms with Crippen LogP contribution in [0.1, 0.15) is 17.3 Å². The molecule has 20 heavy (non-hydrogen) atoms. The Morgan fingerprint density at radius 2 is 2.05 bits per heavy atom. The molecule has 2 rings (SSSR count). The van der Waals surface area contributed by atoms with Crippen LogP contribution in [0.15, 0.2) is 34.9 Å². The number of nitrogens with zero attached hydrogens (tertiary/aromatic N) is 1. The molecule has 3 N–H and O–H groups in total. The van der Waals surface area contributed by atoms with Gasteiger partial charge in [-0.15, -0.1) is 0 Å². The number of rotatable bonds is 4. The second kappa shape index (κ2) is 6.58. The topological polar surface area (TPSA) is 50.9 Å². The van der Waals surface area contributed by atoms with Crippen molar-refractivity contribution in [2.45, 2.75) is 12.5 Å². The van der Waals surface area contributed by atoms with E-state index in [1.807, 2.05) is 0 Å². The molecular formula is C13H11BrClF2N3. The van der Waals surface area contributed by atoms with Crippen LogP contribution < -0.4 is 11.3 Å². The number of hydrogen-bond acceptors (Lipinski definition) is 3. The van der Waals surface area contributed by atoms with Gasteiger partial charge in [-0.25, -0.2) is 8.78 Å². The molecule has 1 atom stereocenters. The van der Waals surface area contributed by atoms with E-state index in [-0.39, 0.29) is 16.5 Å². The second-order valence-electron chi connectivity index (χ2n) is 4.15. The molecule has 0 radical (unpaired) electrons. The fraction of sp³-hybridized carbons (Fsp3) is 0.154. The Labute approximate surface area is 128 Å². The molecule has 2 aromatic rings. The average Bonchev–Trinajstić information content (AvgIpc) is 2.45. The molecule has 0 aliphatic heterocycles. The average molecular weight is 363 g/mol. The normalized spacial score (nSPS) is 12.4. The third-order valence-electron chi connectivity index (χ3n) is 2.86. The van der Waals surface area contributed by atoms with Crippen molar-refractivity contribution in [2.24, 2.45) is 5.84 Å². The smallest absolute Gasteiger partial charge is 0.143 e. The lowest BCUT2D eigenvalue weighted by Crippen LogP contribution is -2.30. The number of hydrogen-bond donors (Lipinski definition) is 2. The van der Waals surface area contributed by atoms with E-state index in [0.29, 0.717) is 10.7 Å². The summed E-state index contributed by atoms with van der Waals surface area (Å²) >= 11 is 8.78. The van der Waals surface area contributed by atoms with Crippen LogP contribution in [0.3, 0.4) is 0 Å². The molecule has 0 aliphatic rings. The van der Waals surface area contributed by atoms with Crippen LogP contribution in [0.2, 0.25) is 5.02 Å². The summed E-state index contributed by atoms with van der Waals surface area (Å²) in [4.78, 5) is 4.10. The summed E-state index contributed by atoms with van der Waals surface area (Å²) in [6.07, 6.45) is 1.48. The number of nitrogens with one attached hydrogen (secondary N) is 1. The SMILES string of the molecule is NNC(Cc1c(F)ccc(Br)c1F)c1ccc(Cl)cn1. The number of halogens is 4. The van der Waals surface area contributed by atoms with Crippen LogP contribution in [0.4, 0.5) is 8.78 Å². The van der Waals surface area contributed by atoms with Gasteiger partial charge in [0, 0.05) is 18.2 Å². The van der Waals surface area contributed by atoms with Gasteiger partial charge in [-0.05, 0) is 40.2 Å². The Bertz CT molecular complexity index is 607. The predicted octanol–water partition coefficient (Wildman–Crippen LogP) is 3.52. The molecule has 0 spiro atoms. The van der Waals surface area contributed by atoms with Crippen molar-refractivity contribution in [1.29, 1.82) is 0 Å². The van der Waals surface area contributed by atoms with Crippen LogP contribution in [0.25, 0.3) is 0 Å². The maximum absolute atomic E-state index is 13.9. The van der Waals surface area contributed by atoms with E-state index in [0.717, 1.165) is 0 Å². The lowest BCUT2D eigenvalue weighted by molar-refractivity contribution is 0.491. The van der Waals surface area contributed by atoms with E-state index in [2.05, 4.69) is 26.3 Å². The Hall–Kier alpha value is -1.08. The molecule has 106 valence electrons. The molecule has 1 aromatic heterocycles. The van der Waals surface area contributed by atoms with Gasteiger partial charge in [-0.2, -0.15) is 0 Å². The van der Waals surface area contributed by atoms with Crippen LogP contribution in [-0.4, -0.2) is 4.98 Å². The van der Waals surface area contributed by atoms with Crippen molar-refractivity contribution < 1.29 is 8.78 Å². The summed E-state index contributed by atoms with van der Waals surface area (Å²) < 4.78 is 27.9. The van der Waals surface area contributed by atoms with E-state index in [9.17, 15) is 8.78 Å². The van der Waals surface area contributed by atoms with Gasteiger partial charge in [-0.1, -0.05) is 11.6 Å². The Kier molecular flexibility index (Phi) is 5.04. The predicted molar refractivity (Wildman–Crippen MR) is 77.1 cm³/mol. The molecule has 1 heterocycles. The van der Waals surface area contributed by atoms with Crippen LogP contribution in [-0.2, 0) is 6.42 Å². The summed E-state index contributed by atoms with van der Waals surface area (Å²) in [5.74, 6) is 4.18. The minimum Gasteiger partial charge on any atom is -0.271 e. The minimum atomic E-state index is -0.640. The molecule has 3 nitrogen and oxygen atoms in total. The summed E-state index contributed by atoms with van der Waals surface area (Å²) in [6.45, 7) is 0. The zero-order valence-corrected chi connectivity index (χ0v) is 12.5. The highest BCUT2D eigenvalue weighted by molar-refractivity contribution is 9.10. The van der Waals surface area contributed by atoms with Gasteiger partial charge in [0.15, 0.2) is 0 Å². The molecule has 1 unspecified atom stereocenters. The Balaban J connectivity index is 2.31. The van der Waals surface area contributed by atoms with E-state index in [4.69, 9.17) is 17.4 Å². The Morgan fingerprint density at radius 1 is 1.30 bits per heavy atom. The fourth-order valence-corrected chi connectivity index (χ4v) is 2.29. The van der Waals surface area contributed by atoms with Crippen molar-refractivity contribution in [3.05, 3.63) is 62.8 Å². The third kappa shape index (κ3) is 3.32. The minimum absolute atomic E-state index is 0.0300. The highest BCUT2D eigenvalue weighted by Crippen LogP contribution is 2.26. The number of nitrogens with two attached hydrogens (primary N) is 1. The molecule has 0 aliphatic carbocycles. The molecule has 0 bridgehead atoms. The van der Waals surface area contributed by atoms with Gasteiger partial charge in [0.2, 0.25) is 0 Å². The third-order valence-corrected chi connectivity index (χ3v) is 3.69. The van der Waals surface area contributed by atoms with E-state index in [1.54, 1.807) is 12.1 Å². The molecule has 7 heteroatoms. The summed E-state index contributed by atoms with van der Waals surface area (Å²) in [7, 11) is 0. The number of aromatic nitrogens is 1. The van der Waals surface area contributed by atoms with E-state index in [1.165, 1.54) is 18.3 Å². The van der Waals surface area contributed by atoms with E-state index < -0.39 is 17.7 Å². The molecule has 0 saturated heterocycles. The summed E-state index contributed by atoms with van der Waals surface area (Å²) in [5, 5.41) is 0.476. The first-order chi connectivity index (χ1) is 9.52. The van der Waals surface area contributed by atoms with Gasteiger partial charge in [0.25, 0.3) is 0 Å². The monoisotopic (exact) mass is 361 g/mol.